The summed E-state index contributed by atoms with van der Waals surface area (Å²) < 4.78 is 11.9. The highest BCUT2D eigenvalue weighted by atomic mass is 16.5. The average molecular weight is 415 g/mol. The minimum atomic E-state index is -0.437. The van der Waals surface area contributed by atoms with Gasteiger partial charge in [0.1, 0.15) is 22.7 Å². The number of ether oxygens (including phenoxy) is 1. The van der Waals surface area contributed by atoms with Gasteiger partial charge >= 0.3 is 0 Å². The maximum atomic E-state index is 11.8. The molecule has 31 heavy (non-hydrogen) atoms. The number of rotatable bonds is 5. The van der Waals surface area contributed by atoms with Crippen molar-refractivity contribution < 1.29 is 19.1 Å². The average Bonchev–Trinajstić information content (AvgIpc) is 3.33. The normalized spacial score (nSPS) is 17.5. The standard InChI is InChI=1S/C24H21N3O4/c1-25-24(29)20-11-16(8-9-26-20)30-15-6-7-19-22(12-15)31-23(27-19)13-18-17-5-3-2-4-14(17)10-21(18)28/h2-9,11-12,18,21,28H,10,13H2,1H3,(H,25,29)/t18-,21+/m0/s1. The molecule has 0 fully saturated rings. The molecule has 2 aromatic carbocycles. The van der Waals surface area contributed by atoms with Gasteiger partial charge in [0.15, 0.2) is 11.5 Å². The molecule has 0 saturated heterocycles. The summed E-state index contributed by atoms with van der Waals surface area (Å²) in [6.45, 7) is 0. The van der Waals surface area contributed by atoms with Crippen LogP contribution in [-0.4, -0.2) is 34.1 Å². The van der Waals surface area contributed by atoms with Crippen molar-refractivity contribution in [3.05, 3.63) is 83.5 Å². The van der Waals surface area contributed by atoms with E-state index < -0.39 is 6.10 Å². The predicted octanol–water partition coefficient (Wildman–Crippen LogP) is 3.62. The fourth-order valence-electron chi connectivity index (χ4n) is 4.06. The molecule has 1 aliphatic rings. The monoisotopic (exact) mass is 415 g/mol. The number of nitrogens with one attached hydrogen (secondary N) is 1. The minimum absolute atomic E-state index is 0.0278. The topological polar surface area (TPSA) is 97.5 Å². The van der Waals surface area contributed by atoms with E-state index in [0.717, 1.165) is 11.1 Å². The highest BCUT2D eigenvalue weighted by Crippen LogP contribution is 2.36. The van der Waals surface area contributed by atoms with E-state index in [0.29, 0.717) is 35.8 Å². The number of amides is 1. The zero-order valence-corrected chi connectivity index (χ0v) is 16.9. The maximum Gasteiger partial charge on any atom is 0.269 e. The van der Waals surface area contributed by atoms with Crippen LogP contribution in [0.15, 0.2) is 65.2 Å². The summed E-state index contributed by atoms with van der Waals surface area (Å²) in [6.07, 6.45) is 2.27. The van der Waals surface area contributed by atoms with Crippen LogP contribution in [-0.2, 0) is 12.8 Å². The quantitative estimate of drug-likeness (QED) is 0.517. The van der Waals surface area contributed by atoms with E-state index in [1.165, 1.54) is 11.8 Å². The molecule has 5 rings (SSSR count). The Morgan fingerprint density at radius 2 is 2.03 bits per heavy atom. The van der Waals surface area contributed by atoms with Crippen LogP contribution < -0.4 is 10.1 Å². The fraction of sp³-hybridized carbons (Fsp3) is 0.208. The Bertz CT molecular complexity index is 1270. The number of nitrogens with zero attached hydrogens (tertiary/aromatic N) is 2. The second-order valence-corrected chi connectivity index (χ2v) is 7.58. The number of carbonyl (C=O) groups excluding carboxylic acids is 1. The highest BCUT2D eigenvalue weighted by molar-refractivity contribution is 5.92. The number of hydrogen-bond donors (Lipinski definition) is 2. The van der Waals surface area contributed by atoms with Crippen LogP contribution in [0.2, 0.25) is 0 Å². The molecule has 2 aromatic heterocycles. The molecule has 0 unspecified atom stereocenters. The maximum absolute atomic E-state index is 11.8. The van der Waals surface area contributed by atoms with Gasteiger partial charge in [0, 0.05) is 37.7 Å². The molecule has 0 saturated carbocycles. The van der Waals surface area contributed by atoms with E-state index in [9.17, 15) is 9.90 Å². The van der Waals surface area contributed by atoms with Crippen molar-refractivity contribution in [2.24, 2.45) is 0 Å². The largest absolute Gasteiger partial charge is 0.457 e. The summed E-state index contributed by atoms with van der Waals surface area (Å²) in [5, 5.41) is 13.1. The van der Waals surface area contributed by atoms with E-state index in [-0.39, 0.29) is 17.5 Å². The Morgan fingerprint density at radius 1 is 1.19 bits per heavy atom. The molecule has 1 amide bonds. The number of hydrogen-bond acceptors (Lipinski definition) is 6. The van der Waals surface area contributed by atoms with Crippen LogP contribution in [0, 0.1) is 0 Å². The molecule has 4 aromatic rings. The lowest BCUT2D eigenvalue weighted by Crippen LogP contribution is -2.18. The molecular formula is C24H21N3O4. The molecule has 7 nitrogen and oxygen atoms in total. The van der Waals surface area contributed by atoms with E-state index in [1.807, 2.05) is 18.2 Å². The van der Waals surface area contributed by atoms with Gasteiger partial charge in [0.2, 0.25) is 0 Å². The van der Waals surface area contributed by atoms with E-state index >= 15 is 0 Å². The van der Waals surface area contributed by atoms with Crippen molar-refractivity contribution >= 4 is 17.0 Å². The molecule has 2 N–H and O–H groups in total. The van der Waals surface area contributed by atoms with Crippen LogP contribution in [0.5, 0.6) is 11.5 Å². The number of oxazole rings is 1. The van der Waals surface area contributed by atoms with Crippen LogP contribution in [0.4, 0.5) is 0 Å². The molecule has 156 valence electrons. The third-order valence-corrected chi connectivity index (χ3v) is 5.57. The number of benzene rings is 2. The van der Waals surface area contributed by atoms with Gasteiger partial charge in [-0.25, -0.2) is 4.98 Å². The first-order chi connectivity index (χ1) is 15.1. The molecule has 7 heteroatoms. The lowest BCUT2D eigenvalue weighted by Gasteiger charge is -2.13. The summed E-state index contributed by atoms with van der Waals surface area (Å²) in [5.41, 5.74) is 3.95. The van der Waals surface area contributed by atoms with Gasteiger partial charge < -0.3 is 19.6 Å². The van der Waals surface area contributed by atoms with Crippen molar-refractivity contribution in [1.29, 1.82) is 0 Å². The van der Waals surface area contributed by atoms with Gasteiger partial charge in [-0.2, -0.15) is 0 Å². The summed E-state index contributed by atoms with van der Waals surface area (Å²) >= 11 is 0. The van der Waals surface area contributed by atoms with E-state index in [4.69, 9.17) is 9.15 Å². The van der Waals surface area contributed by atoms with Crippen molar-refractivity contribution in [1.82, 2.24) is 15.3 Å². The molecule has 0 aliphatic heterocycles. The Labute approximate surface area is 178 Å². The van der Waals surface area contributed by atoms with Gasteiger partial charge in [-0.3, -0.25) is 9.78 Å². The minimum Gasteiger partial charge on any atom is -0.457 e. The molecule has 2 heterocycles. The second-order valence-electron chi connectivity index (χ2n) is 7.58. The Morgan fingerprint density at radius 3 is 2.90 bits per heavy atom. The SMILES string of the molecule is CNC(=O)c1cc(Oc2ccc3nc(C[C@H]4c5ccccc5C[C@H]4O)oc3c2)ccn1. The summed E-state index contributed by atoms with van der Waals surface area (Å²) in [4.78, 5) is 20.4. The molecule has 0 spiro atoms. The number of carbonyl (C=O) groups is 1. The number of aliphatic hydroxyl groups excluding tert-OH is 1. The number of fused-ring (bicyclic) bond motifs is 2. The van der Waals surface area contributed by atoms with E-state index in [1.54, 1.807) is 31.3 Å². The summed E-state index contributed by atoms with van der Waals surface area (Å²) in [5.74, 6) is 1.34. The Balaban J connectivity index is 1.37. The van der Waals surface area contributed by atoms with Crippen LogP contribution in [0.3, 0.4) is 0 Å². The van der Waals surface area contributed by atoms with Crippen molar-refractivity contribution in [2.45, 2.75) is 24.9 Å². The molecule has 0 radical (unpaired) electrons. The predicted molar refractivity (Wildman–Crippen MR) is 114 cm³/mol. The Hall–Kier alpha value is -3.71. The van der Waals surface area contributed by atoms with Gasteiger partial charge in [-0.1, -0.05) is 24.3 Å². The van der Waals surface area contributed by atoms with Crippen molar-refractivity contribution in [3.8, 4) is 11.5 Å². The van der Waals surface area contributed by atoms with Gasteiger partial charge in [0.25, 0.3) is 5.91 Å². The molecule has 2 atom stereocenters. The van der Waals surface area contributed by atoms with E-state index in [2.05, 4.69) is 27.4 Å². The first kappa shape index (κ1) is 19.3. The molecule has 1 aliphatic carbocycles. The third kappa shape index (κ3) is 3.75. The van der Waals surface area contributed by atoms with Crippen LogP contribution in [0.1, 0.15) is 33.4 Å². The summed E-state index contributed by atoms with van der Waals surface area (Å²) in [7, 11) is 1.55. The first-order valence-corrected chi connectivity index (χ1v) is 10.1. The van der Waals surface area contributed by atoms with Gasteiger partial charge in [-0.05, 0) is 35.7 Å². The molecule has 0 bridgehead atoms. The third-order valence-electron chi connectivity index (χ3n) is 5.57. The Kier molecular flexibility index (Phi) is 4.88. The van der Waals surface area contributed by atoms with Crippen LogP contribution >= 0.6 is 0 Å². The molecular weight excluding hydrogens is 394 g/mol. The highest BCUT2D eigenvalue weighted by Gasteiger charge is 2.32. The summed E-state index contributed by atoms with van der Waals surface area (Å²) in [6, 6.07) is 16.8. The number of aliphatic hydroxyl groups is 1. The van der Waals surface area contributed by atoms with Crippen molar-refractivity contribution in [2.75, 3.05) is 7.05 Å². The van der Waals surface area contributed by atoms with Gasteiger partial charge in [-0.15, -0.1) is 0 Å². The first-order valence-electron chi connectivity index (χ1n) is 10.1. The lowest BCUT2D eigenvalue weighted by atomic mass is 9.96. The fourth-order valence-corrected chi connectivity index (χ4v) is 4.06. The zero-order valence-electron chi connectivity index (χ0n) is 16.9. The lowest BCUT2D eigenvalue weighted by molar-refractivity contribution is 0.0958. The number of pyridine rings is 1. The zero-order chi connectivity index (χ0) is 21.4. The van der Waals surface area contributed by atoms with Crippen LogP contribution in [0.25, 0.3) is 11.1 Å². The smallest absolute Gasteiger partial charge is 0.269 e. The number of aromatic nitrogens is 2. The van der Waals surface area contributed by atoms with Crippen molar-refractivity contribution in [3.63, 3.8) is 0 Å². The second kappa shape index (κ2) is 7.85. The van der Waals surface area contributed by atoms with Gasteiger partial charge in [0.05, 0.1) is 6.10 Å².